The van der Waals surface area contributed by atoms with Crippen molar-refractivity contribution >= 4 is 17.4 Å². The molecule has 1 fully saturated rings. The van der Waals surface area contributed by atoms with E-state index in [0.717, 1.165) is 17.5 Å². The number of hydrogen-bond donors (Lipinski definition) is 1. The van der Waals surface area contributed by atoms with Crippen molar-refractivity contribution in [3.8, 4) is 5.75 Å². The lowest BCUT2D eigenvalue weighted by Gasteiger charge is -2.25. The molecule has 1 N–H and O–H groups in total. The summed E-state index contributed by atoms with van der Waals surface area (Å²) in [5, 5.41) is 11.1. The van der Waals surface area contributed by atoms with Crippen molar-refractivity contribution in [2.24, 2.45) is 0 Å². The first-order valence-electron chi connectivity index (χ1n) is 10.4. The molecule has 1 unspecified atom stereocenters. The third kappa shape index (κ3) is 3.99. The fourth-order valence-corrected chi connectivity index (χ4v) is 3.91. The van der Waals surface area contributed by atoms with Gasteiger partial charge >= 0.3 is 0 Å². The van der Waals surface area contributed by atoms with Crippen molar-refractivity contribution in [3.63, 3.8) is 0 Å². The first-order chi connectivity index (χ1) is 15.5. The molecule has 2 aromatic carbocycles. The van der Waals surface area contributed by atoms with Gasteiger partial charge in [0.1, 0.15) is 11.5 Å². The topological polar surface area (TPSA) is 79.7 Å². The summed E-state index contributed by atoms with van der Waals surface area (Å²) >= 11 is 0. The van der Waals surface area contributed by atoms with Crippen LogP contribution in [0.15, 0.2) is 78.6 Å². The Morgan fingerprint density at radius 1 is 1.03 bits per heavy atom. The lowest BCUT2D eigenvalue weighted by molar-refractivity contribution is -0.140. The van der Waals surface area contributed by atoms with E-state index in [1.807, 2.05) is 31.2 Å². The van der Waals surface area contributed by atoms with Gasteiger partial charge in [-0.25, -0.2) is 0 Å². The quantitative estimate of drug-likeness (QED) is 0.360. The summed E-state index contributed by atoms with van der Waals surface area (Å²) in [6, 6.07) is 17.5. The highest BCUT2D eigenvalue weighted by Crippen LogP contribution is 2.40. The maximum absolute atomic E-state index is 13.1. The van der Waals surface area contributed by atoms with Crippen molar-refractivity contribution in [1.29, 1.82) is 0 Å². The Morgan fingerprint density at radius 3 is 2.31 bits per heavy atom. The number of rotatable bonds is 6. The minimum absolute atomic E-state index is 0.0701. The molecule has 3 aromatic rings. The van der Waals surface area contributed by atoms with E-state index in [1.165, 1.54) is 4.90 Å². The average molecular weight is 428 g/mol. The molecule has 0 aliphatic carbocycles. The predicted octanol–water partition coefficient (Wildman–Crippen LogP) is 4.27. The zero-order chi connectivity index (χ0) is 22.7. The first-order valence-corrected chi connectivity index (χ1v) is 10.4. The van der Waals surface area contributed by atoms with Crippen molar-refractivity contribution in [2.45, 2.75) is 25.9 Å². The predicted molar refractivity (Wildman–Crippen MR) is 121 cm³/mol. The number of nitrogens with zero attached hydrogens (tertiary/aromatic N) is 2. The largest absolute Gasteiger partial charge is 0.507 e. The van der Waals surface area contributed by atoms with E-state index in [4.69, 9.17) is 4.74 Å². The van der Waals surface area contributed by atoms with Crippen LogP contribution >= 0.6 is 0 Å². The molecule has 0 saturated carbocycles. The number of pyridine rings is 1. The molecule has 1 aromatic heterocycles. The minimum atomic E-state index is -0.739. The van der Waals surface area contributed by atoms with Crippen LogP contribution < -0.4 is 4.74 Å². The van der Waals surface area contributed by atoms with Gasteiger partial charge in [0.25, 0.3) is 11.7 Å². The average Bonchev–Trinajstić information content (AvgIpc) is 3.09. The number of likely N-dealkylation sites (tertiary alicyclic amines) is 1. The number of methoxy groups -OCH3 is 1. The van der Waals surface area contributed by atoms with E-state index < -0.39 is 17.7 Å². The Bertz CT molecular complexity index is 1150. The fourth-order valence-electron chi connectivity index (χ4n) is 3.91. The molecule has 0 radical (unpaired) electrons. The van der Waals surface area contributed by atoms with Gasteiger partial charge in [-0.3, -0.25) is 14.6 Å². The molecule has 32 heavy (non-hydrogen) atoms. The Balaban J connectivity index is 1.79. The molecule has 2 heterocycles. The van der Waals surface area contributed by atoms with Crippen LogP contribution in [0, 0.1) is 0 Å². The number of aryl methyl sites for hydroxylation is 1. The third-order valence-corrected chi connectivity index (χ3v) is 5.69. The van der Waals surface area contributed by atoms with Gasteiger partial charge in [-0.2, -0.15) is 0 Å². The number of benzene rings is 2. The van der Waals surface area contributed by atoms with Crippen LogP contribution in [0.1, 0.15) is 35.2 Å². The molecular formula is C26H24N2O4. The third-order valence-electron chi connectivity index (χ3n) is 5.69. The normalized spacial score (nSPS) is 17.6. The summed E-state index contributed by atoms with van der Waals surface area (Å²) in [6.07, 6.45) is 4.11. The van der Waals surface area contributed by atoms with Gasteiger partial charge < -0.3 is 14.7 Å². The van der Waals surface area contributed by atoms with Crippen molar-refractivity contribution in [3.05, 3.63) is 101 Å². The van der Waals surface area contributed by atoms with Crippen LogP contribution in [0.4, 0.5) is 0 Å². The van der Waals surface area contributed by atoms with Gasteiger partial charge in [0.2, 0.25) is 0 Å². The number of Topliss-reactive ketones (excluding diaryl/α,β-unsaturated/α-hetero) is 1. The van der Waals surface area contributed by atoms with E-state index in [9.17, 15) is 14.7 Å². The molecular weight excluding hydrogens is 404 g/mol. The van der Waals surface area contributed by atoms with Crippen LogP contribution in [0.25, 0.3) is 5.76 Å². The van der Waals surface area contributed by atoms with E-state index in [-0.39, 0.29) is 17.9 Å². The van der Waals surface area contributed by atoms with Crippen molar-refractivity contribution in [2.75, 3.05) is 7.11 Å². The van der Waals surface area contributed by atoms with Crippen LogP contribution in [-0.4, -0.2) is 33.8 Å². The Kier molecular flexibility index (Phi) is 6.03. The maximum atomic E-state index is 13.1. The van der Waals surface area contributed by atoms with Gasteiger partial charge in [0, 0.05) is 24.5 Å². The molecule has 1 aliphatic heterocycles. The van der Waals surface area contributed by atoms with Gasteiger partial charge in [0.05, 0.1) is 18.7 Å². The van der Waals surface area contributed by atoms with Gasteiger partial charge in [0.15, 0.2) is 0 Å². The number of carbonyl (C=O) groups is 2. The van der Waals surface area contributed by atoms with Gasteiger partial charge in [-0.05, 0) is 41.3 Å². The summed E-state index contributed by atoms with van der Waals surface area (Å²) in [5.74, 6) is -0.835. The number of aliphatic hydroxyl groups excluding tert-OH is 1. The highest BCUT2D eigenvalue weighted by molar-refractivity contribution is 6.46. The summed E-state index contributed by atoms with van der Waals surface area (Å²) < 4.78 is 5.20. The minimum Gasteiger partial charge on any atom is -0.507 e. The number of ether oxygens (including phenoxy) is 1. The number of aliphatic hydroxyl groups is 1. The highest BCUT2D eigenvalue weighted by Gasteiger charge is 2.46. The summed E-state index contributed by atoms with van der Waals surface area (Å²) in [4.78, 5) is 31.8. The van der Waals surface area contributed by atoms with E-state index in [0.29, 0.717) is 16.9 Å². The van der Waals surface area contributed by atoms with E-state index in [2.05, 4.69) is 4.98 Å². The number of aromatic nitrogens is 1. The second kappa shape index (κ2) is 9.06. The molecule has 162 valence electrons. The Hall–Kier alpha value is -3.93. The summed E-state index contributed by atoms with van der Waals surface area (Å²) in [6.45, 7) is 2.25. The van der Waals surface area contributed by atoms with Gasteiger partial charge in [-0.1, -0.05) is 49.4 Å². The monoisotopic (exact) mass is 428 g/mol. The molecule has 1 amide bonds. The second-order valence-electron chi connectivity index (χ2n) is 7.61. The molecule has 4 rings (SSSR count). The number of ketones is 1. The fraction of sp³-hybridized carbons (Fsp3) is 0.192. The molecule has 6 heteroatoms. The lowest BCUT2D eigenvalue weighted by atomic mass is 9.95. The van der Waals surface area contributed by atoms with E-state index >= 15 is 0 Å². The van der Waals surface area contributed by atoms with E-state index in [1.54, 1.807) is 55.9 Å². The number of carbonyl (C=O) groups excluding carboxylic acids is 2. The molecule has 6 nitrogen and oxygen atoms in total. The summed E-state index contributed by atoms with van der Waals surface area (Å²) in [5.41, 5.74) is 3.19. The van der Waals surface area contributed by atoms with Crippen LogP contribution in [-0.2, 0) is 22.6 Å². The maximum Gasteiger partial charge on any atom is 0.295 e. The zero-order valence-corrected chi connectivity index (χ0v) is 18.0. The standard InChI is InChI=1S/C26H24N2O4/c1-3-17-6-10-19(11-7-17)24(29)22-23(20-5-4-14-27-15-20)28(26(31)25(22)30)16-18-8-12-21(32-2)13-9-18/h4-15,23,29H,3,16H2,1-2H3/b24-22-. The zero-order valence-electron chi connectivity index (χ0n) is 18.0. The van der Waals surface area contributed by atoms with Crippen LogP contribution in [0.2, 0.25) is 0 Å². The molecule has 0 bridgehead atoms. The Morgan fingerprint density at radius 2 is 1.72 bits per heavy atom. The van der Waals surface area contributed by atoms with Crippen molar-refractivity contribution in [1.82, 2.24) is 9.88 Å². The molecule has 0 spiro atoms. The molecule has 1 aliphatic rings. The first kappa shape index (κ1) is 21.3. The van der Waals surface area contributed by atoms with Gasteiger partial charge in [-0.15, -0.1) is 0 Å². The number of hydrogen-bond acceptors (Lipinski definition) is 5. The van der Waals surface area contributed by atoms with Crippen LogP contribution in [0.5, 0.6) is 5.75 Å². The Labute approximate surface area is 186 Å². The SMILES string of the molecule is CCc1ccc(/C(O)=C2/C(=O)C(=O)N(Cc3ccc(OC)cc3)C2c2cccnc2)cc1. The smallest absolute Gasteiger partial charge is 0.295 e. The highest BCUT2D eigenvalue weighted by atomic mass is 16.5. The van der Waals surface area contributed by atoms with Crippen molar-refractivity contribution < 1.29 is 19.4 Å². The number of amides is 1. The second-order valence-corrected chi connectivity index (χ2v) is 7.61. The van der Waals surface area contributed by atoms with Crippen LogP contribution in [0.3, 0.4) is 0 Å². The molecule has 1 saturated heterocycles. The summed E-state index contributed by atoms with van der Waals surface area (Å²) in [7, 11) is 1.59. The lowest BCUT2D eigenvalue weighted by Crippen LogP contribution is -2.29. The molecule has 1 atom stereocenters.